The predicted molar refractivity (Wildman–Crippen MR) is 120 cm³/mol. The quantitative estimate of drug-likeness (QED) is 0.453. The van der Waals surface area contributed by atoms with Crippen molar-refractivity contribution >= 4 is 15.7 Å². The van der Waals surface area contributed by atoms with Gasteiger partial charge in [-0.3, -0.25) is 4.72 Å². The van der Waals surface area contributed by atoms with E-state index in [-0.39, 0.29) is 17.0 Å². The van der Waals surface area contributed by atoms with Gasteiger partial charge in [0.05, 0.1) is 18.0 Å². The molecule has 0 spiro atoms. The molecule has 3 rings (SSSR count). The molecule has 2 aromatic rings. The smallest absolute Gasteiger partial charge is 0.229 e. The lowest BCUT2D eigenvalue weighted by Crippen LogP contribution is -2.48. The highest BCUT2D eigenvalue weighted by atomic mass is 32.2. The maximum atomic E-state index is 11.5. The van der Waals surface area contributed by atoms with Gasteiger partial charge in [0.2, 0.25) is 10.0 Å². The van der Waals surface area contributed by atoms with Gasteiger partial charge in [0.1, 0.15) is 5.75 Å². The van der Waals surface area contributed by atoms with Crippen molar-refractivity contribution in [2.45, 2.75) is 56.6 Å². The zero-order valence-electron chi connectivity index (χ0n) is 17.5. The fourth-order valence-corrected chi connectivity index (χ4v) is 4.81. The van der Waals surface area contributed by atoms with Gasteiger partial charge < -0.3 is 15.5 Å². The molecule has 1 atom stereocenters. The third-order valence-corrected chi connectivity index (χ3v) is 6.51. The fraction of sp³-hybridized carbons (Fsp3) is 0.478. The molecule has 0 amide bonds. The zero-order valence-corrected chi connectivity index (χ0v) is 18.3. The molecule has 0 bridgehead atoms. The molecule has 0 aromatic heterocycles. The summed E-state index contributed by atoms with van der Waals surface area (Å²) in [5, 5.41) is 24.3. The topological polar surface area (TPSA) is 98.7 Å². The van der Waals surface area contributed by atoms with Crippen LogP contribution in [0.4, 0.5) is 5.69 Å². The number of β-amino-alcohol motifs (C(OH)–C–C–N with tert-alkyl or cyclic N) is 1. The van der Waals surface area contributed by atoms with Gasteiger partial charge in [-0.1, -0.05) is 55.7 Å². The third kappa shape index (κ3) is 6.45. The lowest BCUT2D eigenvalue weighted by Gasteiger charge is -2.39. The summed E-state index contributed by atoms with van der Waals surface area (Å²) in [4.78, 5) is 0. The molecule has 0 radical (unpaired) electrons. The maximum absolute atomic E-state index is 11.5. The predicted octanol–water partition coefficient (Wildman–Crippen LogP) is 3.72. The number of aliphatic hydroxyl groups excluding tert-OH is 1. The molecule has 2 aromatic carbocycles. The van der Waals surface area contributed by atoms with Crippen LogP contribution in [0.1, 0.15) is 55.8 Å². The second-order valence-electron chi connectivity index (χ2n) is 8.37. The van der Waals surface area contributed by atoms with Crippen molar-refractivity contribution < 1.29 is 18.6 Å². The van der Waals surface area contributed by atoms with Gasteiger partial charge in [0.25, 0.3) is 0 Å². The van der Waals surface area contributed by atoms with Crippen LogP contribution in [0.3, 0.4) is 0 Å². The Balaban J connectivity index is 1.67. The van der Waals surface area contributed by atoms with E-state index in [2.05, 4.69) is 34.3 Å². The minimum Gasteiger partial charge on any atom is -0.506 e. The number of aliphatic hydroxyl groups is 1. The van der Waals surface area contributed by atoms with E-state index in [0.29, 0.717) is 12.1 Å². The van der Waals surface area contributed by atoms with E-state index in [9.17, 15) is 18.6 Å². The number of sulfonamides is 1. The van der Waals surface area contributed by atoms with E-state index < -0.39 is 16.1 Å². The lowest BCUT2D eigenvalue weighted by atomic mass is 9.77. The summed E-state index contributed by atoms with van der Waals surface area (Å²) in [7, 11) is -3.52. The molecular formula is C23H32N2O4S. The Morgan fingerprint density at radius 1 is 1.07 bits per heavy atom. The molecule has 0 aliphatic heterocycles. The summed E-state index contributed by atoms with van der Waals surface area (Å²) >= 11 is 0. The lowest BCUT2D eigenvalue weighted by molar-refractivity contribution is 0.136. The number of benzene rings is 2. The van der Waals surface area contributed by atoms with E-state index in [0.717, 1.165) is 31.9 Å². The monoisotopic (exact) mass is 432 g/mol. The van der Waals surface area contributed by atoms with Gasteiger partial charge in [-0.2, -0.15) is 0 Å². The summed E-state index contributed by atoms with van der Waals surface area (Å²) in [6.45, 7) is 0.373. The summed E-state index contributed by atoms with van der Waals surface area (Å²) in [6, 6.07) is 15.0. The summed E-state index contributed by atoms with van der Waals surface area (Å²) in [5.41, 5.74) is 1.95. The number of aryl methyl sites for hydroxylation is 1. The van der Waals surface area contributed by atoms with Gasteiger partial charge in [-0.05, 0) is 48.9 Å². The standard InChI is InChI=1S/C23H32N2O4S/c1-30(28,29)25-20-16-19(10-11-21(20)26)22(27)17-24-23(13-6-3-7-14-23)15-12-18-8-4-2-5-9-18/h2,4-5,8-11,16,22,24-27H,3,6-7,12-15,17H2,1H3. The molecule has 1 aliphatic rings. The first kappa shape index (κ1) is 22.6. The van der Waals surface area contributed by atoms with Crippen molar-refractivity contribution in [2.24, 2.45) is 0 Å². The molecule has 7 heteroatoms. The van der Waals surface area contributed by atoms with Crippen molar-refractivity contribution in [3.63, 3.8) is 0 Å². The van der Waals surface area contributed by atoms with Crippen LogP contribution in [0.5, 0.6) is 5.75 Å². The van der Waals surface area contributed by atoms with E-state index in [4.69, 9.17) is 0 Å². The Morgan fingerprint density at radius 2 is 1.77 bits per heavy atom. The van der Waals surface area contributed by atoms with Gasteiger partial charge in [-0.25, -0.2) is 8.42 Å². The number of phenolic OH excluding ortho intramolecular Hbond substituents is 1. The van der Waals surface area contributed by atoms with Crippen LogP contribution < -0.4 is 10.0 Å². The van der Waals surface area contributed by atoms with Crippen LogP contribution in [0, 0.1) is 0 Å². The Kier molecular flexibility index (Phi) is 7.39. The molecule has 1 saturated carbocycles. The first-order chi connectivity index (χ1) is 14.3. The van der Waals surface area contributed by atoms with Gasteiger partial charge in [0, 0.05) is 12.1 Å². The Bertz CT molecular complexity index is 925. The van der Waals surface area contributed by atoms with Crippen LogP contribution in [-0.2, 0) is 16.4 Å². The number of hydrogen-bond donors (Lipinski definition) is 4. The van der Waals surface area contributed by atoms with Crippen LogP contribution in [0.2, 0.25) is 0 Å². The van der Waals surface area contributed by atoms with Gasteiger partial charge >= 0.3 is 0 Å². The van der Waals surface area contributed by atoms with Crippen molar-refractivity contribution in [3.8, 4) is 5.75 Å². The molecule has 0 heterocycles. The fourth-order valence-electron chi connectivity index (χ4n) is 4.25. The molecule has 1 unspecified atom stereocenters. The van der Waals surface area contributed by atoms with Crippen LogP contribution in [0.15, 0.2) is 48.5 Å². The van der Waals surface area contributed by atoms with E-state index in [1.165, 1.54) is 37.0 Å². The van der Waals surface area contributed by atoms with Crippen molar-refractivity contribution in [1.82, 2.24) is 5.32 Å². The van der Waals surface area contributed by atoms with E-state index in [1.54, 1.807) is 6.07 Å². The highest BCUT2D eigenvalue weighted by Crippen LogP contribution is 2.33. The van der Waals surface area contributed by atoms with Crippen LogP contribution >= 0.6 is 0 Å². The Morgan fingerprint density at radius 3 is 2.43 bits per heavy atom. The highest BCUT2D eigenvalue weighted by molar-refractivity contribution is 7.92. The molecular weight excluding hydrogens is 400 g/mol. The molecule has 0 saturated heterocycles. The first-order valence-corrected chi connectivity index (χ1v) is 12.4. The molecule has 164 valence electrons. The molecule has 30 heavy (non-hydrogen) atoms. The second kappa shape index (κ2) is 9.81. The average Bonchev–Trinajstić information content (AvgIpc) is 2.73. The highest BCUT2D eigenvalue weighted by Gasteiger charge is 2.31. The Hall–Kier alpha value is -2.09. The van der Waals surface area contributed by atoms with E-state index >= 15 is 0 Å². The van der Waals surface area contributed by atoms with E-state index in [1.807, 2.05) is 6.07 Å². The number of phenols is 1. The number of hydrogen-bond acceptors (Lipinski definition) is 5. The van der Waals surface area contributed by atoms with Crippen molar-refractivity contribution in [3.05, 3.63) is 59.7 Å². The number of aromatic hydroxyl groups is 1. The molecule has 6 nitrogen and oxygen atoms in total. The molecule has 4 N–H and O–H groups in total. The normalized spacial score (nSPS) is 17.4. The summed E-state index contributed by atoms with van der Waals surface area (Å²) in [5.74, 6) is -0.170. The third-order valence-electron chi connectivity index (χ3n) is 5.92. The number of nitrogens with one attached hydrogen (secondary N) is 2. The minimum atomic E-state index is -3.52. The Labute approximate surface area is 179 Å². The van der Waals surface area contributed by atoms with Gasteiger partial charge in [0.15, 0.2) is 0 Å². The minimum absolute atomic E-state index is 0.000170. The van der Waals surface area contributed by atoms with Crippen molar-refractivity contribution in [1.29, 1.82) is 0 Å². The first-order valence-electron chi connectivity index (χ1n) is 10.5. The summed E-state index contributed by atoms with van der Waals surface area (Å²) < 4.78 is 25.3. The van der Waals surface area contributed by atoms with Gasteiger partial charge in [-0.15, -0.1) is 0 Å². The zero-order chi connectivity index (χ0) is 21.6. The SMILES string of the molecule is CS(=O)(=O)Nc1cc(C(O)CNC2(CCc3ccccc3)CCCCC2)ccc1O. The van der Waals surface area contributed by atoms with Crippen LogP contribution in [-0.4, -0.2) is 37.0 Å². The van der Waals surface area contributed by atoms with Crippen LogP contribution in [0.25, 0.3) is 0 Å². The largest absolute Gasteiger partial charge is 0.506 e. The molecule has 1 fully saturated rings. The molecule has 1 aliphatic carbocycles. The average molecular weight is 433 g/mol. The number of anilines is 1. The second-order valence-corrected chi connectivity index (χ2v) is 10.1. The van der Waals surface area contributed by atoms with Crippen molar-refractivity contribution in [2.75, 3.05) is 17.5 Å². The maximum Gasteiger partial charge on any atom is 0.229 e. The summed E-state index contributed by atoms with van der Waals surface area (Å²) in [6.07, 6.45) is 8.00. The number of rotatable bonds is 9.